The van der Waals surface area contributed by atoms with Crippen molar-refractivity contribution < 1.29 is 0 Å². The van der Waals surface area contributed by atoms with Crippen molar-refractivity contribution in [3.63, 3.8) is 0 Å². The maximum atomic E-state index is 2.24. The summed E-state index contributed by atoms with van der Waals surface area (Å²) < 4.78 is 0. The van der Waals surface area contributed by atoms with Gasteiger partial charge in [0.15, 0.2) is 0 Å². The minimum atomic E-state index is 1.13. The Labute approximate surface area is 97.4 Å². The second-order valence-corrected chi connectivity index (χ2v) is 10.3. The minimum absolute atomic E-state index is 1.13. The van der Waals surface area contributed by atoms with Crippen molar-refractivity contribution in [2.75, 3.05) is 0 Å². The van der Waals surface area contributed by atoms with E-state index in [4.69, 9.17) is 0 Å². The number of fused-ring (bicyclic) bond motifs is 1. The molecule has 1 aromatic rings. The first-order valence-corrected chi connectivity index (χ1v) is 10.3. The highest BCUT2D eigenvalue weighted by atomic mass is 33.8. The van der Waals surface area contributed by atoms with Gasteiger partial charge in [0.25, 0.3) is 0 Å². The molecule has 0 aliphatic carbocycles. The van der Waals surface area contributed by atoms with Gasteiger partial charge in [-0.15, -0.1) is 0 Å². The Balaban J connectivity index is 2.17. The molecule has 0 unspecified atom stereocenters. The summed E-state index contributed by atoms with van der Waals surface area (Å²) in [6.45, 7) is 0. The van der Waals surface area contributed by atoms with Gasteiger partial charge in [-0.05, 0) is 40.6 Å². The molecule has 2 rings (SSSR count). The average Bonchev–Trinajstić information content (AvgIpc) is 2.28. The predicted molar refractivity (Wildman–Crippen MR) is 71.8 cm³/mol. The van der Waals surface area contributed by atoms with Crippen LogP contribution < -0.4 is 0 Å². The van der Waals surface area contributed by atoms with E-state index >= 15 is 0 Å². The van der Waals surface area contributed by atoms with Crippen LogP contribution in [-0.4, -0.2) is 0 Å². The lowest BCUT2D eigenvalue weighted by molar-refractivity contribution is 1.29. The summed E-state index contributed by atoms with van der Waals surface area (Å²) in [6.07, 6.45) is 0. The molecule has 1 aliphatic rings. The molecule has 0 aromatic heterocycles. The highest BCUT2D eigenvalue weighted by Gasteiger charge is 2.06. The zero-order chi connectivity index (χ0) is 8.93. The lowest BCUT2D eigenvalue weighted by Crippen LogP contribution is -1.87. The quantitative estimate of drug-likeness (QED) is 0.601. The molecule has 0 saturated carbocycles. The molecule has 1 aliphatic heterocycles. The van der Waals surface area contributed by atoms with E-state index in [1.54, 1.807) is 0 Å². The third-order valence-electron chi connectivity index (χ3n) is 1.70. The first-order chi connectivity index (χ1) is 6.47. The van der Waals surface area contributed by atoms with Crippen molar-refractivity contribution in [2.24, 2.45) is 0 Å². The monoisotopic (exact) mass is 264 g/mol. The van der Waals surface area contributed by atoms with E-state index in [0.29, 0.717) is 0 Å². The SMILES string of the molecule is c1ccc2c(c1)CSSSSSC2. The molecule has 0 radical (unpaired) electrons. The molecule has 1 heterocycles. The number of hydrogen-bond acceptors (Lipinski definition) is 5. The van der Waals surface area contributed by atoms with Crippen LogP contribution in [0.15, 0.2) is 24.3 Å². The topological polar surface area (TPSA) is 0 Å². The third-order valence-corrected chi connectivity index (χ3v) is 10.2. The largest absolute Gasteiger partial charge is 0.0769 e. The van der Waals surface area contributed by atoms with Crippen molar-refractivity contribution in [1.29, 1.82) is 0 Å². The van der Waals surface area contributed by atoms with E-state index in [1.807, 2.05) is 51.1 Å². The van der Waals surface area contributed by atoms with Crippen molar-refractivity contribution in [2.45, 2.75) is 11.5 Å². The van der Waals surface area contributed by atoms with E-state index in [0.717, 1.165) is 11.5 Å². The fourth-order valence-electron chi connectivity index (χ4n) is 1.06. The number of rotatable bonds is 0. The molecular weight excluding hydrogens is 256 g/mol. The van der Waals surface area contributed by atoms with Gasteiger partial charge in [-0.2, -0.15) is 0 Å². The van der Waals surface area contributed by atoms with Crippen LogP contribution in [0.25, 0.3) is 0 Å². The van der Waals surface area contributed by atoms with Gasteiger partial charge in [-0.25, -0.2) is 0 Å². The lowest BCUT2D eigenvalue weighted by atomic mass is 10.1. The molecule has 1 aromatic carbocycles. The fourth-order valence-corrected chi connectivity index (χ4v) is 9.78. The number of hydrogen-bond donors (Lipinski definition) is 0. The summed E-state index contributed by atoms with van der Waals surface area (Å²) in [7, 11) is 9.50. The minimum Gasteiger partial charge on any atom is -0.0769 e. The average molecular weight is 264 g/mol. The van der Waals surface area contributed by atoms with Crippen LogP contribution in [-0.2, 0) is 11.5 Å². The molecule has 0 nitrogen and oxygen atoms in total. The lowest BCUT2D eigenvalue weighted by Gasteiger charge is -2.04. The second kappa shape index (κ2) is 5.75. The Bertz CT molecular complexity index is 248. The molecule has 5 heteroatoms. The van der Waals surface area contributed by atoms with Crippen molar-refractivity contribution in [3.8, 4) is 0 Å². The maximum Gasteiger partial charge on any atom is 0.0300 e. The van der Waals surface area contributed by atoms with Gasteiger partial charge in [-0.1, -0.05) is 45.9 Å². The fraction of sp³-hybridized carbons (Fsp3) is 0.250. The van der Waals surface area contributed by atoms with Gasteiger partial charge in [0.05, 0.1) is 0 Å². The van der Waals surface area contributed by atoms with Crippen LogP contribution in [0.5, 0.6) is 0 Å². The Morgan fingerprint density at radius 2 is 1.31 bits per heavy atom. The van der Waals surface area contributed by atoms with Gasteiger partial charge in [0, 0.05) is 11.5 Å². The third kappa shape index (κ3) is 3.23. The van der Waals surface area contributed by atoms with E-state index < -0.39 is 0 Å². The molecule has 0 fully saturated rings. The molecule has 13 heavy (non-hydrogen) atoms. The van der Waals surface area contributed by atoms with Crippen LogP contribution in [0.1, 0.15) is 11.1 Å². The van der Waals surface area contributed by atoms with Crippen LogP contribution in [0, 0.1) is 0 Å². The normalized spacial score (nSPS) is 18.2. The summed E-state index contributed by atoms with van der Waals surface area (Å²) in [5.74, 6) is 2.27. The summed E-state index contributed by atoms with van der Waals surface area (Å²) in [6, 6.07) is 8.74. The van der Waals surface area contributed by atoms with Gasteiger partial charge in [-0.3, -0.25) is 0 Å². The zero-order valence-corrected chi connectivity index (χ0v) is 10.8. The molecule has 0 spiro atoms. The first-order valence-electron chi connectivity index (χ1n) is 3.78. The molecular formula is C8H8S5. The van der Waals surface area contributed by atoms with Crippen LogP contribution in [0.3, 0.4) is 0 Å². The molecule has 0 saturated heterocycles. The molecule has 0 bridgehead atoms. The van der Waals surface area contributed by atoms with Gasteiger partial charge in [0.1, 0.15) is 0 Å². The van der Waals surface area contributed by atoms with Crippen LogP contribution in [0.4, 0.5) is 0 Å². The molecule has 0 amide bonds. The molecule has 70 valence electrons. The Morgan fingerprint density at radius 3 is 1.85 bits per heavy atom. The smallest absolute Gasteiger partial charge is 0.0300 e. The van der Waals surface area contributed by atoms with E-state index in [9.17, 15) is 0 Å². The summed E-state index contributed by atoms with van der Waals surface area (Å²) in [5.41, 5.74) is 2.99. The Kier molecular flexibility index (Phi) is 4.64. The van der Waals surface area contributed by atoms with Crippen molar-refractivity contribution >= 4 is 51.1 Å². The zero-order valence-electron chi connectivity index (χ0n) is 6.76. The summed E-state index contributed by atoms with van der Waals surface area (Å²) in [4.78, 5) is 0. The van der Waals surface area contributed by atoms with E-state index in [-0.39, 0.29) is 0 Å². The van der Waals surface area contributed by atoms with Gasteiger partial charge < -0.3 is 0 Å². The molecule has 0 N–H and O–H groups in total. The Hall–Kier alpha value is 0.970. The first kappa shape index (κ1) is 10.5. The van der Waals surface area contributed by atoms with Crippen LogP contribution in [0.2, 0.25) is 0 Å². The highest BCUT2D eigenvalue weighted by Crippen LogP contribution is 2.51. The standard InChI is InChI=1S/C8H8S5/c1-2-4-8-6-10-12-13-11-9-5-7(8)3-1/h1-4H,5-6H2. The predicted octanol–water partition coefficient (Wildman–Crippen LogP) is 5.03. The number of benzene rings is 1. The Morgan fingerprint density at radius 1 is 0.769 bits per heavy atom. The van der Waals surface area contributed by atoms with Crippen LogP contribution >= 0.6 is 51.1 Å². The van der Waals surface area contributed by atoms with Crippen molar-refractivity contribution in [1.82, 2.24) is 0 Å². The van der Waals surface area contributed by atoms with Gasteiger partial charge in [0.2, 0.25) is 0 Å². The summed E-state index contributed by atoms with van der Waals surface area (Å²) >= 11 is 0. The van der Waals surface area contributed by atoms with E-state index in [2.05, 4.69) is 24.3 Å². The van der Waals surface area contributed by atoms with E-state index in [1.165, 1.54) is 11.1 Å². The van der Waals surface area contributed by atoms with Gasteiger partial charge >= 0.3 is 0 Å². The molecule has 0 atom stereocenters. The summed E-state index contributed by atoms with van der Waals surface area (Å²) in [5, 5.41) is 0. The second-order valence-electron chi connectivity index (χ2n) is 2.50. The van der Waals surface area contributed by atoms with Crippen molar-refractivity contribution in [3.05, 3.63) is 35.4 Å². The maximum absolute atomic E-state index is 2.24. The highest BCUT2D eigenvalue weighted by molar-refractivity contribution is 9.35.